The molecule has 0 saturated heterocycles. The van der Waals surface area contributed by atoms with Gasteiger partial charge in [-0.1, -0.05) is 17.7 Å². The Balaban J connectivity index is 3.05. The quantitative estimate of drug-likeness (QED) is 0.461. The molecule has 0 unspecified atom stereocenters. The van der Waals surface area contributed by atoms with E-state index in [1.54, 1.807) is 19.1 Å². The molecule has 0 radical (unpaired) electrons. The summed E-state index contributed by atoms with van der Waals surface area (Å²) in [5.41, 5.74) is 0.827. The van der Waals surface area contributed by atoms with Crippen LogP contribution >= 0.6 is 11.6 Å². The first kappa shape index (κ1) is 13.7. The first-order valence-corrected chi connectivity index (χ1v) is 5.46. The standard InChI is InChI=1S/C12H13ClO4/c1-3-17-12(15)11(14)10-6-9(13)5-4-8(10)7-16-2/h4-6H,3,7H2,1-2H3. The van der Waals surface area contributed by atoms with Crippen molar-refractivity contribution in [3.05, 3.63) is 34.3 Å². The number of carbonyl (C=O) groups excluding carboxylic acids is 2. The Kier molecular flexibility index (Phi) is 5.12. The Labute approximate surface area is 104 Å². The molecule has 0 fully saturated rings. The highest BCUT2D eigenvalue weighted by molar-refractivity contribution is 6.41. The second-order valence-corrected chi connectivity index (χ2v) is 3.72. The van der Waals surface area contributed by atoms with Crippen molar-refractivity contribution in [2.45, 2.75) is 13.5 Å². The maximum Gasteiger partial charge on any atom is 0.379 e. The van der Waals surface area contributed by atoms with E-state index in [0.29, 0.717) is 10.6 Å². The fraction of sp³-hybridized carbons (Fsp3) is 0.333. The average molecular weight is 257 g/mol. The van der Waals surface area contributed by atoms with E-state index in [1.807, 2.05) is 0 Å². The molecule has 1 aromatic rings. The van der Waals surface area contributed by atoms with Crippen LogP contribution < -0.4 is 0 Å². The van der Waals surface area contributed by atoms with Gasteiger partial charge in [-0.3, -0.25) is 4.79 Å². The average Bonchev–Trinajstić information content (AvgIpc) is 2.31. The van der Waals surface area contributed by atoms with Crippen molar-refractivity contribution in [2.24, 2.45) is 0 Å². The van der Waals surface area contributed by atoms with Gasteiger partial charge in [0.15, 0.2) is 0 Å². The van der Waals surface area contributed by atoms with Crippen molar-refractivity contribution in [1.29, 1.82) is 0 Å². The van der Waals surface area contributed by atoms with Gasteiger partial charge in [-0.2, -0.15) is 0 Å². The van der Waals surface area contributed by atoms with Crippen molar-refractivity contribution in [1.82, 2.24) is 0 Å². The van der Waals surface area contributed by atoms with Gasteiger partial charge in [0, 0.05) is 17.7 Å². The molecular weight excluding hydrogens is 244 g/mol. The van der Waals surface area contributed by atoms with Crippen molar-refractivity contribution in [3.63, 3.8) is 0 Å². The van der Waals surface area contributed by atoms with E-state index in [9.17, 15) is 9.59 Å². The molecule has 1 aromatic carbocycles. The van der Waals surface area contributed by atoms with Crippen LogP contribution in [0.5, 0.6) is 0 Å². The number of ether oxygens (including phenoxy) is 2. The summed E-state index contributed by atoms with van der Waals surface area (Å²) in [7, 11) is 1.51. The van der Waals surface area contributed by atoms with Gasteiger partial charge in [-0.05, 0) is 24.6 Å². The van der Waals surface area contributed by atoms with E-state index in [-0.39, 0.29) is 18.8 Å². The van der Waals surface area contributed by atoms with Gasteiger partial charge < -0.3 is 9.47 Å². The summed E-state index contributed by atoms with van der Waals surface area (Å²) in [6, 6.07) is 4.73. The first-order chi connectivity index (χ1) is 8.10. The third-order valence-corrected chi connectivity index (χ3v) is 2.31. The maximum absolute atomic E-state index is 11.8. The second kappa shape index (κ2) is 6.37. The zero-order valence-corrected chi connectivity index (χ0v) is 10.4. The normalized spacial score (nSPS) is 10.1. The molecule has 0 aliphatic heterocycles. The van der Waals surface area contributed by atoms with Crippen molar-refractivity contribution in [2.75, 3.05) is 13.7 Å². The molecular formula is C12H13ClO4. The number of rotatable bonds is 5. The lowest BCUT2D eigenvalue weighted by molar-refractivity contribution is -0.137. The predicted octanol–water partition coefficient (Wildman–Crippen LogP) is 2.23. The molecule has 0 N–H and O–H groups in total. The molecule has 0 bridgehead atoms. The fourth-order valence-electron chi connectivity index (χ4n) is 1.35. The summed E-state index contributed by atoms with van der Waals surface area (Å²) >= 11 is 5.80. The van der Waals surface area contributed by atoms with E-state index >= 15 is 0 Å². The summed E-state index contributed by atoms with van der Waals surface area (Å²) in [6.07, 6.45) is 0. The Hall–Kier alpha value is -1.39. The number of methoxy groups -OCH3 is 1. The molecule has 0 aromatic heterocycles. The summed E-state index contributed by atoms with van der Waals surface area (Å²) in [6.45, 7) is 2.03. The molecule has 1 rings (SSSR count). The van der Waals surface area contributed by atoms with Crippen molar-refractivity contribution in [3.8, 4) is 0 Å². The van der Waals surface area contributed by atoms with Crippen LogP contribution in [0.4, 0.5) is 0 Å². The lowest BCUT2D eigenvalue weighted by Crippen LogP contribution is -2.19. The minimum atomic E-state index is -0.882. The molecule has 0 spiro atoms. The van der Waals surface area contributed by atoms with Crippen molar-refractivity contribution >= 4 is 23.4 Å². The Morgan fingerprint density at radius 2 is 2.06 bits per heavy atom. The van der Waals surface area contributed by atoms with Crippen LogP contribution in [-0.2, 0) is 20.9 Å². The van der Waals surface area contributed by atoms with Gasteiger partial charge in [0.1, 0.15) is 0 Å². The highest BCUT2D eigenvalue weighted by Gasteiger charge is 2.20. The topological polar surface area (TPSA) is 52.6 Å². The van der Waals surface area contributed by atoms with Gasteiger partial charge in [0.25, 0.3) is 5.78 Å². The third-order valence-electron chi connectivity index (χ3n) is 2.08. The van der Waals surface area contributed by atoms with Crippen LogP contribution in [0.25, 0.3) is 0 Å². The lowest BCUT2D eigenvalue weighted by atomic mass is 10.0. The number of esters is 1. The van der Waals surface area contributed by atoms with Crippen LogP contribution in [0.15, 0.2) is 18.2 Å². The summed E-state index contributed by atoms with van der Waals surface area (Å²) < 4.78 is 9.61. The SMILES string of the molecule is CCOC(=O)C(=O)c1cc(Cl)ccc1COC. The Morgan fingerprint density at radius 3 is 2.65 bits per heavy atom. The van der Waals surface area contributed by atoms with Gasteiger partial charge in [0.2, 0.25) is 0 Å². The first-order valence-electron chi connectivity index (χ1n) is 5.09. The number of halogens is 1. The molecule has 0 aliphatic carbocycles. The highest BCUT2D eigenvalue weighted by atomic mass is 35.5. The minimum absolute atomic E-state index is 0.157. The predicted molar refractivity (Wildman–Crippen MR) is 63.1 cm³/mol. The van der Waals surface area contributed by atoms with E-state index in [1.165, 1.54) is 13.2 Å². The van der Waals surface area contributed by atoms with E-state index < -0.39 is 11.8 Å². The Bertz CT molecular complexity index is 429. The molecule has 92 valence electrons. The second-order valence-electron chi connectivity index (χ2n) is 3.28. The van der Waals surface area contributed by atoms with Gasteiger partial charge in [-0.25, -0.2) is 4.79 Å². The lowest BCUT2D eigenvalue weighted by Gasteiger charge is -2.07. The third kappa shape index (κ3) is 3.54. The van der Waals surface area contributed by atoms with Gasteiger partial charge >= 0.3 is 5.97 Å². The van der Waals surface area contributed by atoms with Gasteiger partial charge in [0.05, 0.1) is 13.2 Å². The largest absolute Gasteiger partial charge is 0.460 e. The van der Waals surface area contributed by atoms with Gasteiger partial charge in [-0.15, -0.1) is 0 Å². The maximum atomic E-state index is 11.8. The monoisotopic (exact) mass is 256 g/mol. The van der Waals surface area contributed by atoms with Crippen LogP contribution in [0.2, 0.25) is 5.02 Å². The zero-order chi connectivity index (χ0) is 12.8. The van der Waals surface area contributed by atoms with E-state index in [4.69, 9.17) is 16.3 Å². The number of Topliss-reactive ketones (excluding diaryl/α,β-unsaturated/α-hetero) is 1. The number of carbonyl (C=O) groups is 2. The smallest absolute Gasteiger partial charge is 0.379 e. The van der Waals surface area contributed by atoms with Crippen LogP contribution in [0.3, 0.4) is 0 Å². The number of benzene rings is 1. The van der Waals surface area contributed by atoms with E-state index in [2.05, 4.69) is 4.74 Å². The summed E-state index contributed by atoms with van der Waals surface area (Å²) in [5.74, 6) is -1.59. The molecule has 0 atom stereocenters. The highest BCUT2D eigenvalue weighted by Crippen LogP contribution is 2.18. The number of hydrogen-bond donors (Lipinski definition) is 0. The molecule has 0 amide bonds. The number of hydrogen-bond acceptors (Lipinski definition) is 4. The Morgan fingerprint density at radius 1 is 1.35 bits per heavy atom. The molecule has 17 heavy (non-hydrogen) atoms. The fourth-order valence-corrected chi connectivity index (χ4v) is 1.52. The van der Waals surface area contributed by atoms with Crippen LogP contribution in [-0.4, -0.2) is 25.5 Å². The van der Waals surface area contributed by atoms with Crippen LogP contribution in [0, 0.1) is 0 Å². The van der Waals surface area contributed by atoms with Crippen molar-refractivity contribution < 1.29 is 19.1 Å². The number of ketones is 1. The molecule has 0 aliphatic rings. The van der Waals surface area contributed by atoms with Crippen LogP contribution in [0.1, 0.15) is 22.8 Å². The molecule has 4 nitrogen and oxygen atoms in total. The molecule has 5 heteroatoms. The summed E-state index contributed by atoms with van der Waals surface area (Å²) in [5, 5.41) is 0.387. The minimum Gasteiger partial charge on any atom is -0.460 e. The molecule has 0 heterocycles. The molecule has 0 saturated carbocycles. The zero-order valence-electron chi connectivity index (χ0n) is 9.66. The summed E-state index contributed by atoms with van der Waals surface area (Å²) in [4.78, 5) is 23.1. The van der Waals surface area contributed by atoms with E-state index in [0.717, 1.165) is 0 Å².